The lowest BCUT2D eigenvalue weighted by Crippen LogP contribution is -1.89. The van der Waals surface area contributed by atoms with Crippen molar-refractivity contribution in [1.29, 1.82) is 0 Å². The lowest BCUT2D eigenvalue weighted by Gasteiger charge is -2.10. The quantitative estimate of drug-likeness (QED) is 0.525. The molecular weight excluding hydrogens is 276 g/mol. The number of hydrogen-bond acceptors (Lipinski definition) is 0. The van der Waals surface area contributed by atoms with Gasteiger partial charge in [-0.25, -0.2) is 0 Å². The Kier molecular flexibility index (Phi) is 4.18. The Morgan fingerprint density at radius 3 is 1.90 bits per heavy atom. The van der Waals surface area contributed by atoms with Gasteiger partial charge in [-0.3, -0.25) is 0 Å². The van der Waals surface area contributed by atoms with E-state index in [4.69, 9.17) is 11.6 Å². The van der Waals surface area contributed by atoms with Crippen LogP contribution in [0.4, 0.5) is 0 Å². The fourth-order valence-electron chi connectivity index (χ4n) is 2.33. The van der Waals surface area contributed by atoms with Crippen LogP contribution in [0.5, 0.6) is 0 Å². The molecule has 0 N–H and O–H groups in total. The number of rotatable bonds is 3. The van der Waals surface area contributed by atoms with E-state index < -0.39 is 0 Å². The molecule has 0 radical (unpaired) electrons. The van der Waals surface area contributed by atoms with Crippen molar-refractivity contribution < 1.29 is 0 Å². The van der Waals surface area contributed by atoms with Crippen molar-refractivity contribution >= 4 is 23.3 Å². The van der Waals surface area contributed by atoms with E-state index in [-0.39, 0.29) is 0 Å². The van der Waals surface area contributed by atoms with E-state index >= 15 is 0 Å². The molecule has 3 aromatic carbocycles. The van der Waals surface area contributed by atoms with Gasteiger partial charge in [0.25, 0.3) is 0 Å². The summed E-state index contributed by atoms with van der Waals surface area (Å²) < 4.78 is 0. The second-order valence-electron chi connectivity index (χ2n) is 4.81. The molecular formula is C20H15Cl. The molecule has 0 nitrogen and oxygen atoms in total. The monoisotopic (exact) mass is 290 g/mol. The third-order valence-corrected chi connectivity index (χ3v) is 3.69. The van der Waals surface area contributed by atoms with Gasteiger partial charge in [-0.1, -0.05) is 90.5 Å². The highest BCUT2D eigenvalue weighted by molar-refractivity contribution is 6.32. The van der Waals surface area contributed by atoms with Crippen LogP contribution in [0.3, 0.4) is 0 Å². The molecule has 0 saturated carbocycles. The van der Waals surface area contributed by atoms with Gasteiger partial charge in [0.05, 0.1) is 0 Å². The van der Waals surface area contributed by atoms with Crippen LogP contribution in [-0.2, 0) is 0 Å². The second kappa shape index (κ2) is 6.43. The van der Waals surface area contributed by atoms with E-state index in [0.717, 1.165) is 27.3 Å². The summed E-state index contributed by atoms with van der Waals surface area (Å²) in [5.74, 6) is 0. The van der Waals surface area contributed by atoms with Crippen LogP contribution in [0.2, 0.25) is 5.02 Å². The zero-order chi connectivity index (χ0) is 14.5. The van der Waals surface area contributed by atoms with Gasteiger partial charge >= 0.3 is 0 Å². The van der Waals surface area contributed by atoms with Crippen molar-refractivity contribution in [1.82, 2.24) is 0 Å². The first-order valence-corrected chi connectivity index (χ1v) is 7.29. The lowest BCUT2D eigenvalue weighted by molar-refractivity contribution is 1.55. The molecule has 1 heteroatoms. The van der Waals surface area contributed by atoms with Gasteiger partial charge in [-0.2, -0.15) is 0 Å². The van der Waals surface area contributed by atoms with Gasteiger partial charge in [-0.05, 0) is 28.8 Å². The molecule has 0 unspecified atom stereocenters. The van der Waals surface area contributed by atoms with E-state index in [1.807, 2.05) is 54.6 Å². The molecule has 21 heavy (non-hydrogen) atoms. The zero-order valence-corrected chi connectivity index (χ0v) is 12.3. The van der Waals surface area contributed by atoms with Gasteiger partial charge in [0.2, 0.25) is 0 Å². The van der Waals surface area contributed by atoms with Crippen LogP contribution in [0.25, 0.3) is 11.6 Å². The van der Waals surface area contributed by atoms with Crippen molar-refractivity contribution in [2.24, 2.45) is 0 Å². The fraction of sp³-hybridized carbons (Fsp3) is 0. The first-order chi connectivity index (χ1) is 10.3. The van der Waals surface area contributed by atoms with Gasteiger partial charge < -0.3 is 0 Å². The third kappa shape index (κ3) is 3.24. The first kappa shape index (κ1) is 13.7. The molecule has 0 amide bonds. The highest BCUT2D eigenvalue weighted by Crippen LogP contribution is 2.30. The SMILES string of the molecule is Clc1ccccc1C(=Cc1ccccc1)c1ccccc1. The van der Waals surface area contributed by atoms with Gasteiger partial charge in [0.15, 0.2) is 0 Å². The average Bonchev–Trinajstić information content (AvgIpc) is 2.55. The Bertz CT molecular complexity index is 743. The predicted molar refractivity (Wildman–Crippen MR) is 91.3 cm³/mol. The zero-order valence-electron chi connectivity index (χ0n) is 11.5. The molecule has 0 atom stereocenters. The summed E-state index contributed by atoms with van der Waals surface area (Å²) in [4.78, 5) is 0. The molecule has 0 aliphatic heterocycles. The Balaban J connectivity index is 2.17. The van der Waals surface area contributed by atoms with Crippen LogP contribution in [0.1, 0.15) is 16.7 Å². The van der Waals surface area contributed by atoms with E-state index in [2.05, 4.69) is 36.4 Å². The van der Waals surface area contributed by atoms with Crippen LogP contribution < -0.4 is 0 Å². The summed E-state index contributed by atoms with van der Waals surface area (Å²) in [7, 11) is 0. The number of halogens is 1. The topological polar surface area (TPSA) is 0 Å². The van der Waals surface area contributed by atoms with Gasteiger partial charge in [-0.15, -0.1) is 0 Å². The summed E-state index contributed by atoms with van der Waals surface area (Å²) >= 11 is 6.39. The molecule has 0 spiro atoms. The van der Waals surface area contributed by atoms with Crippen LogP contribution in [-0.4, -0.2) is 0 Å². The minimum atomic E-state index is 0.767. The third-order valence-electron chi connectivity index (χ3n) is 3.36. The summed E-state index contributed by atoms with van der Waals surface area (Å²) in [6.07, 6.45) is 2.18. The summed E-state index contributed by atoms with van der Waals surface area (Å²) in [5.41, 5.74) is 4.51. The van der Waals surface area contributed by atoms with Crippen molar-refractivity contribution in [3.8, 4) is 0 Å². The molecule has 0 saturated heterocycles. The maximum Gasteiger partial charge on any atom is 0.0484 e. The van der Waals surface area contributed by atoms with E-state index in [0.29, 0.717) is 0 Å². The van der Waals surface area contributed by atoms with Crippen molar-refractivity contribution in [3.63, 3.8) is 0 Å². The maximum atomic E-state index is 6.39. The van der Waals surface area contributed by atoms with Crippen molar-refractivity contribution in [2.45, 2.75) is 0 Å². The normalized spacial score (nSPS) is 11.4. The minimum Gasteiger partial charge on any atom is -0.0837 e. The Hall–Kier alpha value is -2.31. The Labute approximate surface area is 130 Å². The van der Waals surface area contributed by atoms with Crippen LogP contribution >= 0.6 is 11.6 Å². The smallest absolute Gasteiger partial charge is 0.0484 e. The second-order valence-corrected chi connectivity index (χ2v) is 5.22. The van der Waals surface area contributed by atoms with Gasteiger partial charge in [0, 0.05) is 10.6 Å². The Morgan fingerprint density at radius 1 is 0.667 bits per heavy atom. The fourth-order valence-corrected chi connectivity index (χ4v) is 2.57. The van der Waals surface area contributed by atoms with Gasteiger partial charge in [0.1, 0.15) is 0 Å². The van der Waals surface area contributed by atoms with E-state index in [1.165, 1.54) is 0 Å². The molecule has 0 heterocycles. The molecule has 0 fully saturated rings. The maximum absolute atomic E-state index is 6.39. The molecule has 0 aromatic heterocycles. The molecule has 0 bridgehead atoms. The Morgan fingerprint density at radius 2 is 1.24 bits per heavy atom. The van der Waals surface area contributed by atoms with Crippen molar-refractivity contribution in [3.05, 3.63) is 107 Å². The lowest BCUT2D eigenvalue weighted by atomic mass is 9.96. The van der Waals surface area contributed by atoms with E-state index in [1.54, 1.807) is 0 Å². The highest BCUT2D eigenvalue weighted by Gasteiger charge is 2.08. The van der Waals surface area contributed by atoms with Crippen molar-refractivity contribution in [2.75, 3.05) is 0 Å². The minimum absolute atomic E-state index is 0.767. The summed E-state index contributed by atoms with van der Waals surface area (Å²) in [6, 6.07) is 28.6. The largest absolute Gasteiger partial charge is 0.0837 e. The van der Waals surface area contributed by atoms with E-state index in [9.17, 15) is 0 Å². The predicted octanol–water partition coefficient (Wildman–Crippen LogP) is 5.93. The molecule has 3 rings (SSSR count). The molecule has 3 aromatic rings. The molecule has 0 aliphatic rings. The highest BCUT2D eigenvalue weighted by atomic mass is 35.5. The molecule has 0 aliphatic carbocycles. The van der Waals surface area contributed by atoms with Crippen LogP contribution in [0, 0.1) is 0 Å². The number of hydrogen-bond donors (Lipinski definition) is 0. The first-order valence-electron chi connectivity index (χ1n) is 6.92. The molecule has 102 valence electrons. The average molecular weight is 291 g/mol. The number of benzene rings is 3. The summed E-state index contributed by atoms with van der Waals surface area (Å²) in [5, 5.41) is 0.767. The standard InChI is InChI=1S/C20H15Cl/c21-20-14-8-7-13-18(20)19(17-11-5-2-6-12-17)15-16-9-3-1-4-10-16/h1-15H. The van der Waals surface area contributed by atoms with Crippen LogP contribution in [0.15, 0.2) is 84.9 Å². The summed E-state index contributed by atoms with van der Waals surface area (Å²) in [6.45, 7) is 0.